The molecule has 0 radical (unpaired) electrons. The lowest BCUT2D eigenvalue weighted by atomic mass is 10.1. The molecule has 31 heavy (non-hydrogen) atoms. The maximum atomic E-state index is 13.4. The molecule has 1 N–H and O–H groups in total. The van der Waals surface area contributed by atoms with Gasteiger partial charge in [-0.3, -0.25) is 9.10 Å². The Hall–Kier alpha value is -2.83. The Morgan fingerprint density at radius 3 is 2.16 bits per heavy atom. The number of benzene rings is 3. The predicted molar refractivity (Wildman–Crippen MR) is 126 cm³/mol. The van der Waals surface area contributed by atoms with Crippen LogP contribution < -0.4 is 9.62 Å². The molecule has 0 unspecified atom stereocenters. The molecule has 0 heterocycles. The number of carbonyl (C=O) groups excluding carboxylic acids is 1. The first kappa shape index (κ1) is 22.8. The zero-order valence-corrected chi connectivity index (χ0v) is 19.5. The Balaban J connectivity index is 1.98. The van der Waals surface area contributed by atoms with Gasteiger partial charge in [0.15, 0.2) is 0 Å². The molecule has 3 aromatic carbocycles. The summed E-state index contributed by atoms with van der Waals surface area (Å²) in [5.74, 6) is -0.428. The van der Waals surface area contributed by atoms with Crippen molar-refractivity contribution in [3.05, 3.63) is 87.9 Å². The van der Waals surface area contributed by atoms with Crippen LogP contribution in [0.5, 0.6) is 0 Å². The maximum absolute atomic E-state index is 13.4. The van der Waals surface area contributed by atoms with Gasteiger partial charge in [-0.1, -0.05) is 35.4 Å². The molecule has 0 saturated carbocycles. The molecular formula is C24H25ClN2O3S. The average molecular weight is 457 g/mol. The Kier molecular flexibility index (Phi) is 6.72. The van der Waals surface area contributed by atoms with Crippen molar-refractivity contribution in [3.63, 3.8) is 0 Å². The third-order valence-electron chi connectivity index (χ3n) is 5.12. The number of rotatable bonds is 6. The van der Waals surface area contributed by atoms with Crippen LogP contribution in [0.1, 0.15) is 22.3 Å². The van der Waals surface area contributed by atoms with Gasteiger partial charge in [-0.05, 0) is 86.8 Å². The van der Waals surface area contributed by atoms with E-state index in [-0.39, 0.29) is 11.4 Å². The third kappa shape index (κ3) is 5.27. The Morgan fingerprint density at radius 1 is 0.871 bits per heavy atom. The van der Waals surface area contributed by atoms with Gasteiger partial charge in [0.25, 0.3) is 10.0 Å². The number of hydrogen-bond acceptors (Lipinski definition) is 3. The fraction of sp³-hybridized carbons (Fsp3) is 0.208. The molecule has 0 aliphatic carbocycles. The lowest BCUT2D eigenvalue weighted by Gasteiger charge is -2.25. The Labute approximate surface area is 188 Å². The number of halogens is 1. The van der Waals surface area contributed by atoms with Crippen molar-refractivity contribution in [1.29, 1.82) is 0 Å². The minimum Gasteiger partial charge on any atom is -0.324 e. The Morgan fingerprint density at radius 2 is 1.55 bits per heavy atom. The molecule has 0 fully saturated rings. The number of sulfonamides is 1. The summed E-state index contributed by atoms with van der Waals surface area (Å²) in [6, 6.07) is 16.9. The molecule has 0 aromatic heterocycles. The standard InChI is InChI=1S/C24H25ClN2O3S/c1-16-5-12-23(19(4)13-16)26-24(28)15-27(21-9-6-17(2)18(3)14-21)31(29,30)22-10-7-20(25)8-11-22/h5-14H,15H2,1-4H3,(H,26,28). The van der Waals surface area contributed by atoms with E-state index in [1.54, 1.807) is 12.1 Å². The van der Waals surface area contributed by atoms with Crippen molar-refractivity contribution < 1.29 is 13.2 Å². The fourth-order valence-corrected chi connectivity index (χ4v) is 4.74. The van der Waals surface area contributed by atoms with Crippen LogP contribution in [0, 0.1) is 27.7 Å². The van der Waals surface area contributed by atoms with Crippen molar-refractivity contribution in [3.8, 4) is 0 Å². The first-order chi connectivity index (χ1) is 14.6. The van der Waals surface area contributed by atoms with Crippen LogP contribution in [-0.2, 0) is 14.8 Å². The van der Waals surface area contributed by atoms with Crippen molar-refractivity contribution in [2.24, 2.45) is 0 Å². The summed E-state index contributed by atoms with van der Waals surface area (Å²) in [5.41, 5.74) is 5.04. The number of aryl methyl sites for hydroxylation is 4. The quantitative estimate of drug-likeness (QED) is 0.539. The summed E-state index contributed by atoms with van der Waals surface area (Å²) in [6.07, 6.45) is 0. The summed E-state index contributed by atoms with van der Waals surface area (Å²) >= 11 is 5.92. The highest BCUT2D eigenvalue weighted by Crippen LogP contribution is 2.27. The smallest absolute Gasteiger partial charge is 0.264 e. The van der Waals surface area contributed by atoms with Crippen molar-refractivity contribution in [1.82, 2.24) is 0 Å². The van der Waals surface area contributed by atoms with Gasteiger partial charge in [-0.25, -0.2) is 8.42 Å². The van der Waals surface area contributed by atoms with E-state index in [2.05, 4.69) is 5.32 Å². The average Bonchev–Trinajstić information content (AvgIpc) is 2.71. The van der Waals surface area contributed by atoms with Crippen LogP contribution in [-0.4, -0.2) is 20.9 Å². The van der Waals surface area contributed by atoms with Crippen LogP contribution >= 0.6 is 11.6 Å². The summed E-state index contributed by atoms with van der Waals surface area (Å²) in [7, 11) is -3.99. The van der Waals surface area contributed by atoms with E-state index in [1.807, 2.05) is 52.0 Å². The monoisotopic (exact) mass is 456 g/mol. The van der Waals surface area contributed by atoms with E-state index >= 15 is 0 Å². The van der Waals surface area contributed by atoms with E-state index in [1.165, 1.54) is 24.3 Å². The first-order valence-corrected chi connectivity index (χ1v) is 11.6. The molecule has 0 bridgehead atoms. The lowest BCUT2D eigenvalue weighted by Crippen LogP contribution is -2.38. The molecule has 1 amide bonds. The SMILES string of the molecule is Cc1ccc(NC(=O)CN(c2ccc(C)c(C)c2)S(=O)(=O)c2ccc(Cl)cc2)c(C)c1. The highest BCUT2D eigenvalue weighted by Gasteiger charge is 2.27. The van der Waals surface area contributed by atoms with Gasteiger partial charge in [0.2, 0.25) is 5.91 Å². The van der Waals surface area contributed by atoms with Gasteiger partial charge >= 0.3 is 0 Å². The zero-order chi connectivity index (χ0) is 22.8. The van der Waals surface area contributed by atoms with Gasteiger partial charge in [-0.15, -0.1) is 0 Å². The molecule has 0 saturated heterocycles. The molecule has 0 atom stereocenters. The van der Waals surface area contributed by atoms with Crippen molar-refractivity contribution in [2.75, 3.05) is 16.2 Å². The summed E-state index contributed by atoms with van der Waals surface area (Å²) in [6.45, 7) is 7.36. The topological polar surface area (TPSA) is 66.5 Å². The van der Waals surface area contributed by atoms with Crippen LogP contribution in [0.3, 0.4) is 0 Å². The van der Waals surface area contributed by atoms with Gasteiger partial charge in [0, 0.05) is 10.7 Å². The molecule has 0 spiro atoms. The van der Waals surface area contributed by atoms with E-state index in [4.69, 9.17) is 11.6 Å². The van der Waals surface area contributed by atoms with E-state index in [0.717, 1.165) is 26.6 Å². The molecule has 162 valence electrons. The minimum atomic E-state index is -3.99. The van der Waals surface area contributed by atoms with Crippen LogP contribution in [0.15, 0.2) is 65.6 Å². The molecule has 3 aromatic rings. The molecule has 0 aliphatic rings. The molecule has 3 rings (SSSR count). The largest absolute Gasteiger partial charge is 0.324 e. The van der Waals surface area contributed by atoms with Crippen LogP contribution in [0.4, 0.5) is 11.4 Å². The zero-order valence-electron chi connectivity index (χ0n) is 17.9. The molecule has 7 heteroatoms. The number of nitrogens with zero attached hydrogens (tertiary/aromatic N) is 1. The minimum absolute atomic E-state index is 0.0643. The third-order valence-corrected chi connectivity index (χ3v) is 7.16. The molecule has 0 aliphatic heterocycles. The van der Waals surface area contributed by atoms with E-state index in [0.29, 0.717) is 16.4 Å². The molecule has 5 nitrogen and oxygen atoms in total. The summed E-state index contributed by atoms with van der Waals surface area (Å²) < 4.78 is 28.0. The fourth-order valence-electron chi connectivity index (χ4n) is 3.20. The van der Waals surface area contributed by atoms with Gasteiger partial charge in [-0.2, -0.15) is 0 Å². The van der Waals surface area contributed by atoms with Gasteiger partial charge < -0.3 is 5.32 Å². The maximum Gasteiger partial charge on any atom is 0.264 e. The van der Waals surface area contributed by atoms with Crippen molar-refractivity contribution >= 4 is 38.9 Å². The lowest BCUT2D eigenvalue weighted by molar-refractivity contribution is -0.114. The van der Waals surface area contributed by atoms with Gasteiger partial charge in [0.1, 0.15) is 6.54 Å². The van der Waals surface area contributed by atoms with Crippen molar-refractivity contribution in [2.45, 2.75) is 32.6 Å². The van der Waals surface area contributed by atoms with Crippen LogP contribution in [0.2, 0.25) is 5.02 Å². The summed E-state index contributed by atoms with van der Waals surface area (Å²) in [5, 5.41) is 3.26. The second-order valence-corrected chi connectivity index (χ2v) is 9.90. The number of amides is 1. The Bertz CT molecular complexity index is 1220. The second kappa shape index (κ2) is 9.12. The van der Waals surface area contributed by atoms with E-state index < -0.39 is 15.9 Å². The number of carbonyl (C=O) groups is 1. The second-order valence-electron chi connectivity index (χ2n) is 7.60. The highest BCUT2D eigenvalue weighted by molar-refractivity contribution is 7.92. The number of anilines is 2. The predicted octanol–water partition coefficient (Wildman–Crippen LogP) is 5.41. The molecular weight excluding hydrogens is 432 g/mol. The van der Waals surface area contributed by atoms with Gasteiger partial charge in [0.05, 0.1) is 10.6 Å². The highest BCUT2D eigenvalue weighted by atomic mass is 35.5. The van der Waals surface area contributed by atoms with Crippen LogP contribution in [0.25, 0.3) is 0 Å². The normalized spacial score (nSPS) is 11.3. The van der Waals surface area contributed by atoms with E-state index in [9.17, 15) is 13.2 Å². The number of hydrogen-bond donors (Lipinski definition) is 1. The number of nitrogens with one attached hydrogen (secondary N) is 1. The first-order valence-electron chi connectivity index (χ1n) is 9.80. The summed E-state index contributed by atoms with van der Waals surface area (Å²) in [4.78, 5) is 12.9.